The molecule has 74 heavy (non-hydrogen) atoms. The molecule has 1 aromatic carbocycles. The number of hydrazine groups is 1. The van der Waals surface area contributed by atoms with Gasteiger partial charge < -0.3 is 28.4 Å². The number of ether oxygens (including phenoxy) is 2. The number of anilines is 1. The molecule has 17 nitrogen and oxygen atoms in total. The molecule has 4 aromatic rings. The summed E-state index contributed by atoms with van der Waals surface area (Å²) < 4.78 is 14.8. The minimum atomic E-state index is -1.05. The fourth-order valence-electron chi connectivity index (χ4n) is 12.0. The lowest BCUT2D eigenvalue weighted by Gasteiger charge is -2.39. The average molecular weight is 1050 g/mol. The molecule has 19 heteroatoms. The number of likely N-dealkylation sites (tertiary alicyclic amines) is 1. The highest BCUT2D eigenvalue weighted by atomic mass is 32.1. The van der Waals surface area contributed by atoms with E-state index in [2.05, 4.69) is 105 Å². The normalized spacial score (nSPS) is 27.2. The summed E-state index contributed by atoms with van der Waals surface area (Å²) in [5, 5.41) is 8.62. The fraction of sp³-hybridized carbons (Fsp3) is 0.636. The van der Waals surface area contributed by atoms with Crippen molar-refractivity contribution in [2.45, 2.75) is 122 Å². The summed E-state index contributed by atoms with van der Waals surface area (Å²) in [5.74, 6) is -0.888. The Morgan fingerprint density at radius 2 is 1.82 bits per heavy atom. The molecule has 7 heterocycles. The van der Waals surface area contributed by atoms with Crippen LogP contribution in [0.15, 0.2) is 35.8 Å². The monoisotopic (exact) mass is 1050 g/mol. The van der Waals surface area contributed by atoms with E-state index in [9.17, 15) is 14.4 Å². The van der Waals surface area contributed by atoms with Crippen molar-refractivity contribution >= 4 is 62.0 Å². The maximum absolute atomic E-state index is 15.3. The summed E-state index contributed by atoms with van der Waals surface area (Å²) in [6, 6.07) is 7.01. The Labute approximate surface area is 444 Å². The molecule has 0 spiro atoms. The number of thiazole rings is 1. The number of aromatic nitrogens is 3. The van der Waals surface area contributed by atoms with Crippen LogP contribution in [0.1, 0.15) is 102 Å². The van der Waals surface area contributed by atoms with Crippen LogP contribution in [0.5, 0.6) is 0 Å². The van der Waals surface area contributed by atoms with Crippen LogP contribution in [0.25, 0.3) is 33.4 Å². The van der Waals surface area contributed by atoms with E-state index in [-0.39, 0.29) is 59.0 Å². The predicted octanol–water partition coefficient (Wildman–Crippen LogP) is 5.33. The summed E-state index contributed by atoms with van der Waals surface area (Å²) in [5.41, 5.74) is 10.7. The summed E-state index contributed by atoms with van der Waals surface area (Å²) in [6.45, 7) is 17.1. The van der Waals surface area contributed by atoms with Gasteiger partial charge in [0.2, 0.25) is 5.91 Å². The van der Waals surface area contributed by atoms with Gasteiger partial charge in [-0.3, -0.25) is 39.1 Å². The van der Waals surface area contributed by atoms with Gasteiger partial charge in [0, 0.05) is 104 Å². The number of hydrogen-bond acceptors (Lipinski definition) is 14. The zero-order valence-electron chi connectivity index (χ0n) is 45.0. The number of carbonyl (C=O) groups is 4. The first kappa shape index (κ1) is 52.8. The van der Waals surface area contributed by atoms with Crippen molar-refractivity contribution in [1.82, 2.24) is 45.0 Å². The molecular formula is C55H77N11O6SSi+. The van der Waals surface area contributed by atoms with Crippen LogP contribution < -0.4 is 15.6 Å². The Bertz CT molecular complexity index is 2770. The minimum absolute atomic E-state index is 0.00525. The number of piperazine rings is 1. The first-order valence-corrected chi connectivity index (χ1v) is 28.4. The number of fused-ring (bicyclic) bond motifs is 6. The molecule has 2 saturated carbocycles. The number of rotatable bonds is 12. The molecule has 4 aliphatic heterocycles. The Balaban J connectivity index is 1.11. The first-order valence-electron chi connectivity index (χ1n) is 27.1. The topological polar surface area (TPSA) is 158 Å². The lowest BCUT2D eigenvalue weighted by Crippen LogP contribution is -2.63. The number of benzene rings is 1. The standard InChI is InChI=1S/C55H77N11O6SSi/c1-10-64-45-16-13-35-25-40(45)42(49(64)41-26-37(28-56-47(41)34(3)71-9)62-22-20-61(21-23-62)36-14-15-36)27-55(4,5)32-72-54(70)43-12-11-18-65(59-43)53(69)48(58-51(68)39-24-33(39)2)50(52-57-44(35)31-73-52)63-19-17-38(29-63)66(8,74)46(67)30-60(6)7/h13,16,25-26,28,31,33-34,36,38-39,43,48,50,59H,10-12,14-15,17-24,27,29-30,32H2,1-9H3,(H,58,68)/q+1/t33-,34-,38-,39-,43-,48-,50?,66?/m0/s1. The van der Waals surface area contributed by atoms with Crippen LogP contribution >= 0.6 is 11.3 Å². The second-order valence-corrected chi connectivity index (χ2v) is 25.1. The number of carbonyl (C=O) groups excluding carboxylic acids is 4. The highest BCUT2D eigenvalue weighted by Gasteiger charge is 2.49. The molecule has 5 fully saturated rings. The fourth-order valence-corrected chi connectivity index (χ4v) is 13.3. The summed E-state index contributed by atoms with van der Waals surface area (Å²) >= 11 is 1.48. The number of hydrogen-bond donors (Lipinski definition) is 2. The van der Waals surface area contributed by atoms with Crippen molar-refractivity contribution in [2.24, 2.45) is 17.3 Å². The predicted molar refractivity (Wildman–Crippen MR) is 288 cm³/mol. The number of cyclic esters (lactones) is 1. The second kappa shape index (κ2) is 21.1. The second-order valence-electron chi connectivity index (χ2n) is 23.3. The lowest BCUT2D eigenvalue weighted by molar-refractivity contribution is -0.743. The van der Waals surface area contributed by atoms with Gasteiger partial charge in [-0.2, -0.15) is 0 Å². The summed E-state index contributed by atoms with van der Waals surface area (Å²) in [7, 11) is 11.3. The van der Waals surface area contributed by atoms with Crippen molar-refractivity contribution in [3.8, 4) is 22.5 Å². The Morgan fingerprint density at radius 3 is 2.51 bits per heavy atom. The van der Waals surface area contributed by atoms with Crippen LogP contribution in [-0.2, 0) is 41.6 Å². The molecule has 2 unspecified atom stereocenters. The van der Waals surface area contributed by atoms with E-state index in [1.807, 2.05) is 32.2 Å². The van der Waals surface area contributed by atoms with Crippen LogP contribution in [0.4, 0.5) is 5.69 Å². The molecule has 3 saturated heterocycles. The maximum atomic E-state index is 15.3. The maximum Gasteiger partial charge on any atom is 0.458 e. The van der Waals surface area contributed by atoms with Gasteiger partial charge in [-0.1, -0.05) is 26.8 Å². The van der Waals surface area contributed by atoms with E-state index in [1.165, 1.54) is 29.2 Å². The minimum Gasteiger partial charge on any atom is -0.464 e. The molecule has 3 amide bonds. The molecule has 2 N–H and O–H groups in total. The van der Waals surface area contributed by atoms with Gasteiger partial charge in [0.05, 0.1) is 67.4 Å². The number of nitrogens with zero attached hydrogens (tertiary/aromatic N) is 9. The van der Waals surface area contributed by atoms with E-state index < -0.39 is 29.5 Å². The quantitative estimate of drug-likeness (QED) is 0.139. The molecule has 8 atom stereocenters. The third-order valence-electron chi connectivity index (χ3n) is 16.8. The number of aryl methyl sites for hydroxylation is 1. The van der Waals surface area contributed by atoms with Gasteiger partial charge in [0.15, 0.2) is 0 Å². The number of amides is 3. The van der Waals surface area contributed by atoms with Gasteiger partial charge in [-0.15, -0.1) is 11.3 Å². The Morgan fingerprint density at radius 1 is 1.07 bits per heavy atom. The average Bonchev–Trinajstić information content (AvgIpc) is 4.22. The largest absolute Gasteiger partial charge is 0.464 e. The van der Waals surface area contributed by atoms with Gasteiger partial charge in [-0.25, -0.2) is 15.2 Å². The summed E-state index contributed by atoms with van der Waals surface area (Å²) in [4.78, 5) is 77.4. The Hall–Kier alpha value is -4.60. The van der Waals surface area contributed by atoms with E-state index >= 15 is 4.79 Å². The zero-order chi connectivity index (χ0) is 52.4. The van der Waals surface area contributed by atoms with E-state index in [0.717, 1.165) is 89.0 Å². The number of likely N-dealkylation sites (N-methyl/N-ethyl adjacent to an activating group) is 2. The molecule has 3 aromatic heterocycles. The first-order chi connectivity index (χ1) is 35.3. The summed E-state index contributed by atoms with van der Waals surface area (Å²) in [6.07, 6.45) is 7.40. The molecule has 10 rings (SSSR count). The van der Waals surface area contributed by atoms with Crippen molar-refractivity contribution in [1.29, 1.82) is 0 Å². The third kappa shape index (κ3) is 10.6. The number of methoxy groups -OCH3 is 1. The van der Waals surface area contributed by atoms with Crippen molar-refractivity contribution in [2.75, 3.05) is 92.1 Å². The molecular weight excluding hydrogens is 971 g/mol. The molecule has 397 valence electrons. The van der Waals surface area contributed by atoms with E-state index in [0.29, 0.717) is 56.9 Å². The molecule has 2 aliphatic carbocycles. The van der Waals surface area contributed by atoms with Gasteiger partial charge in [-0.05, 0) is 96.1 Å². The highest BCUT2D eigenvalue weighted by Crippen LogP contribution is 2.45. The smallest absolute Gasteiger partial charge is 0.458 e. The highest BCUT2D eigenvalue weighted by molar-refractivity contribution is 7.10. The van der Waals surface area contributed by atoms with E-state index in [4.69, 9.17) is 19.4 Å². The van der Waals surface area contributed by atoms with Crippen LogP contribution in [0.2, 0.25) is 0 Å². The Kier molecular flexibility index (Phi) is 15.0. The van der Waals surface area contributed by atoms with Gasteiger partial charge in [0.25, 0.3) is 5.91 Å². The van der Waals surface area contributed by atoms with Crippen molar-refractivity contribution in [3.05, 3.63) is 52.1 Å². The SMILES string of the molecule is CCn1c(-c2cc(N3CCN(C4CC4)CC3)cnc2[C@H](C)OC)c2c3cc(ccc31)-c1csc(n1)C(N1CC[C@H]([N+](C)([Si])C(=O)CN(C)C)C1)[C@H](NC(=O)[C@H]1C[C@@H]1C)C(=O)N1CCC[C@H](N1)C(=O)OCC(C)(C)C2. The zero-order valence-corrected chi connectivity index (χ0v) is 46.8. The van der Waals surface area contributed by atoms with Crippen molar-refractivity contribution < 1.29 is 32.8 Å². The molecule has 6 aliphatic rings. The van der Waals surface area contributed by atoms with Gasteiger partial charge in [0.1, 0.15) is 23.6 Å². The van der Waals surface area contributed by atoms with Crippen LogP contribution in [-0.4, -0.2) is 184 Å². The number of esters is 1. The number of quaternary nitrogens is 1. The van der Waals surface area contributed by atoms with Crippen LogP contribution in [0, 0.1) is 17.3 Å². The van der Waals surface area contributed by atoms with Crippen molar-refractivity contribution in [3.63, 3.8) is 0 Å². The number of pyridine rings is 1. The molecule has 3 radical (unpaired) electrons. The molecule has 6 bridgehead atoms. The van der Waals surface area contributed by atoms with Gasteiger partial charge >= 0.3 is 22.3 Å². The third-order valence-corrected chi connectivity index (χ3v) is 18.3. The van der Waals surface area contributed by atoms with Crippen LogP contribution in [0.3, 0.4) is 0 Å². The lowest BCUT2D eigenvalue weighted by atomic mass is 9.84. The van der Waals surface area contributed by atoms with E-state index in [1.54, 1.807) is 7.11 Å². The number of nitrogens with one attached hydrogen (secondary N) is 2.